The average Bonchev–Trinajstić information content (AvgIpc) is 2.77. The number of carbonyl (C=O) groups is 1. The Hall–Kier alpha value is -2.16. The minimum atomic E-state index is -0.468. The first-order valence-corrected chi connectivity index (χ1v) is 4.83. The van der Waals surface area contributed by atoms with Gasteiger partial charge in [0.25, 0.3) is 5.91 Å². The van der Waals surface area contributed by atoms with Crippen molar-refractivity contribution in [2.24, 2.45) is 0 Å². The second-order valence-electron chi connectivity index (χ2n) is 3.17. The molecule has 0 saturated heterocycles. The van der Waals surface area contributed by atoms with Crippen LogP contribution >= 0.6 is 0 Å². The van der Waals surface area contributed by atoms with E-state index in [-0.39, 0.29) is 11.6 Å². The molecule has 0 aromatic heterocycles. The van der Waals surface area contributed by atoms with E-state index in [1.54, 1.807) is 0 Å². The molecule has 2 aliphatic heterocycles. The molecule has 0 bridgehead atoms. The van der Waals surface area contributed by atoms with Gasteiger partial charge in [0, 0.05) is 6.42 Å². The highest BCUT2D eigenvalue weighted by Crippen LogP contribution is 2.16. The van der Waals surface area contributed by atoms with Gasteiger partial charge in [-0.25, -0.2) is 0 Å². The van der Waals surface area contributed by atoms with Gasteiger partial charge in [-0.3, -0.25) is 10.1 Å². The lowest BCUT2D eigenvalue weighted by molar-refractivity contribution is -0.122. The number of hydrogen-bond acceptors (Lipinski definition) is 5. The highest BCUT2D eigenvalue weighted by atomic mass is 16.6. The third-order valence-corrected chi connectivity index (χ3v) is 2.11. The number of rotatable bonds is 2. The maximum Gasteiger partial charge on any atom is 0.296 e. The van der Waals surface area contributed by atoms with Gasteiger partial charge >= 0.3 is 0 Å². The zero-order valence-electron chi connectivity index (χ0n) is 8.49. The Kier molecular flexibility index (Phi) is 2.96. The first kappa shape index (κ1) is 10.4. The molecule has 1 amide bonds. The Morgan fingerprint density at radius 2 is 2.25 bits per heavy atom. The van der Waals surface area contributed by atoms with Crippen LogP contribution in [0, 0.1) is 11.3 Å². The van der Waals surface area contributed by atoms with E-state index in [0.29, 0.717) is 31.8 Å². The minimum Gasteiger partial charge on any atom is -0.494 e. The van der Waals surface area contributed by atoms with Gasteiger partial charge in [-0.2, -0.15) is 5.26 Å². The van der Waals surface area contributed by atoms with Crippen molar-refractivity contribution in [2.75, 3.05) is 19.8 Å². The molecule has 0 spiro atoms. The summed E-state index contributed by atoms with van der Waals surface area (Å²) >= 11 is 0. The van der Waals surface area contributed by atoms with Gasteiger partial charge < -0.3 is 14.2 Å². The van der Waals surface area contributed by atoms with Crippen LogP contribution in [0.25, 0.3) is 0 Å². The Labute approximate surface area is 92.1 Å². The lowest BCUT2D eigenvalue weighted by Gasteiger charge is -2.15. The molecule has 84 valence electrons. The quantitative estimate of drug-likeness (QED) is 0.719. The highest BCUT2D eigenvalue weighted by molar-refractivity contribution is 5.92. The molecule has 0 saturated carbocycles. The molecular formula is C10H10N2O4. The Morgan fingerprint density at radius 3 is 2.94 bits per heavy atom. The Balaban J connectivity index is 2.02. The third kappa shape index (κ3) is 2.08. The lowest BCUT2D eigenvalue weighted by Crippen LogP contribution is -2.28. The van der Waals surface area contributed by atoms with Gasteiger partial charge in [0.1, 0.15) is 25.5 Å². The molecule has 6 nitrogen and oxygen atoms in total. The van der Waals surface area contributed by atoms with Crippen molar-refractivity contribution in [3.63, 3.8) is 0 Å². The first-order valence-electron chi connectivity index (χ1n) is 4.83. The van der Waals surface area contributed by atoms with Crippen LogP contribution in [0.5, 0.6) is 0 Å². The number of nitrogens with one attached hydrogen (secondary N) is 1. The average molecular weight is 222 g/mol. The van der Waals surface area contributed by atoms with E-state index in [9.17, 15) is 4.79 Å². The van der Waals surface area contributed by atoms with Gasteiger partial charge in [0.15, 0.2) is 0 Å². The number of ether oxygens (including phenoxy) is 3. The SMILES string of the molecule is N#CC1=C(NC(=O)C2=COCCO2)OCC1. The van der Waals surface area contributed by atoms with Crippen LogP contribution in [0.3, 0.4) is 0 Å². The number of carbonyl (C=O) groups excluding carboxylic acids is 1. The summed E-state index contributed by atoms with van der Waals surface area (Å²) in [6, 6.07) is 1.97. The molecule has 0 atom stereocenters. The normalized spacial score (nSPS) is 18.8. The van der Waals surface area contributed by atoms with E-state index in [0.717, 1.165) is 0 Å². The first-order chi connectivity index (χ1) is 7.81. The molecule has 16 heavy (non-hydrogen) atoms. The molecule has 0 radical (unpaired) electrons. The van der Waals surface area contributed by atoms with Gasteiger partial charge in [0.2, 0.25) is 11.6 Å². The minimum absolute atomic E-state index is 0.0894. The van der Waals surface area contributed by atoms with Crippen molar-refractivity contribution in [3.8, 4) is 6.07 Å². The summed E-state index contributed by atoms with van der Waals surface area (Å²) in [4.78, 5) is 11.6. The molecule has 6 heteroatoms. The zero-order chi connectivity index (χ0) is 11.4. The predicted molar refractivity (Wildman–Crippen MR) is 51.3 cm³/mol. The number of nitriles is 1. The number of nitrogens with zero attached hydrogens (tertiary/aromatic N) is 1. The molecule has 0 aromatic carbocycles. The van der Waals surface area contributed by atoms with E-state index < -0.39 is 5.91 Å². The van der Waals surface area contributed by atoms with Crippen molar-refractivity contribution >= 4 is 5.91 Å². The van der Waals surface area contributed by atoms with E-state index in [1.807, 2.05) is 6.07 Å². The summed E-state index contributed by atoms with van der Waals surface area (Å²) in [7, 11) is 0. The monoisotopic (exact) mass is 222 g/mol. The van der Waals surface area contributed by atoms with E-state index in [1.165, 1.54) is 6.26 Å². The van der Waals surface area contributed by atoms with E-state index in [4.69, 9.17) is 19.5 Å². The Bertz CT molecular complexity index is 406. The summed E-state index contributed by atoms with van der Waals surface area (Å²) < 4.78 is 15.2. The van der Waals surface area contributed by atoms with Crippen molar-refractivity contribution in [2.45, 2.75) is 6.42 Å². The highest BCUT2D eigenvalue weighted by Gasteiger charge is 2.22. The molecule has 0 aromatic rings. The van der Waals surface area contributed by atoms with Gasteiger partial charge in [-0.1, -0.05) is 0 Å². The maximum atomic E-state index is 11.6. The molecule has 0 aliphatic carbocycles. The summed E-state index contributed by atoms with van der Waals surface area (Å²) in [5, 5.41) is 11.2. The summed E-state index contributed by atoms with van der Waals surface area (Å²) in [5.74, 6) is -0.168. The van der Waals surface area contributed by atoms with Gasteiger partial charge in [-0.15, -0.1) is 0 Å². The van der Waals surface area contributed by atoms with Crippen molar-refractivity contribution in [1.82, 2.24) is 5.32 Å². The second kappa shape index (κ2) is 4.57. The molecule has 2 rings (SSSR count). The van der Waals surface area contributed by atoms with Gasteiger partial charge in [-0.05, 0) is 0 Å². The fourth-order valence-corrected chi connectivity index (χ4v) is 1.33. The van der Waals surface area contributed by atoms with Crippen molar-refractivity contribution in [3.05, 3.63) is 23.5 Å². The summed E-state index contributed by atoms with van der Waals surface area (Å²) in [6.45, 7) is 1.18. The fourth-order valence-electron chi connectivity index (χ4n) is 1.33. The number of hydrogen-bond donors (Lipinski definition) is 1. The molecular weight excluding hydrogens is 212 g/mol. The van der Waals surface area contributed by atoms with Gasteiger partial charge in [0.05, 0.1) is 12.2 Å². The third-order valence-electron chi connectivity index (χ3n) is 2.11. The largest absolute Gasteiger partial charge is 0.494 e. The van der Waals surface area contributed by atoms with Crippen LogP contribution in [0.1, 0.15) is 6.42 Å². The predicted octanol–water partition coefficient (Wildman–Crippen LogP) is 0.146. The fraction of sp³-hybridized carbons (Fsp3) is 0.400. The molecule has 0 unspecified atom stereocenters. The lowest BCUT2D eigenvalue weighted by atomic mass is 10.2. The second-order valence-corrected chi connectivity index (χ2v) is 3.17. The zero-order valence-corrected chi connectivity index (χ0v) is 8.49. The maximum absolute atomic E-state index is 11.6. The van der Waals surface area contributed by atoms with Crippen molar-refractivity contribution < 1.29 is 19.0 Å². The summed E-state index contributed by atoms with van der Waals surface area (Å²) in [6.07, 6.45) is 1.77. The van der Waals surface area contributed by atoms with Crippen LogP contribution in [0.4, 0.5) is 0 Å². The molecule has 1 N–H and O–H groups in total. The van der Waals surface area contributed by atoms with E-state index in [2.05, 4.69) is 5.32 Å². The van der Waals surface area contributed by atoms with Crippen LogP contribution < -0.4 is 5.32 Å². The molecule has 2 heterocycles. The van der Waals surface area contributed by atoms with E-state index >= 15 is 0 Å². The van der Waals surface area contributed by atoms with Crippen LogP contribution in [-0.4, -0.2) is 25.7 Å². The van der Waals surface area contributed by atoms with Crippen LogP contribution in [0.2, 0.25) is 0 Å². The standard InChI is InChI=1S/C10H10N2O4/c11-5-7-1-2-16-10(7)12-9(13)8-6-14-3-4-15-8/h6H,1-4H2,(H,12,13). The summed E-state index contributed by atoms with van der Waals surface area (Å²) in [5.41, 5.74) is 0.436. The number of amides is 1. The van der Waals surface area contributed by atoms with Crippen LogP contribution in [-0.2, 0) is 19.0 Å². The Morgan fingerprint density at radius 1 is 1.38 bits per heavy atom. The smallest absolute Gasteiger partial charge is 0.296 e. The van der Waals surface area contributed by atoms with Crippen LogP contribution in [0.15, 0.2) is 23.5 Å². The van der Waals surface area contributed by atoms with Crippen molar-refractivity contribution in [1.29, 1.82) is 5.26 Å². The topological polar surface area (TPSA) is 80.6 Å². The molecule has 0 fully saturated rings. The molecule has 2 aliphatic rings.